The molecule has 0 radical (unpaired) electrons. The zero-order chi connectivity index (χ0) is 14.8. The van der Waals surface area contributed by atoms with Crippen LogP contribution in [0.4, 0.5) is 0 Å². The first-order valence-electron chi connectivity index (χ1n) is 6.72. The summed E-state index contributed by atoms with van der Waals surface area (Å²) in [7, 11) is 0. The molecule has 2 unspecified atom stereocenters. The van der Waals surface area contributed by atoms with Crippen LogP contribution in [0.3, 0.4) is 0 Å². The van der Waals surface area contributed by atoms with Crippen LogP contribution in [0.5, 0.6) is 0 Å². The average Bonchev–Trinajstić information content (AvgIpc) is 2.34. The fourth-order valence-electron chi connectivity index (χ4n) is 2.72. The van der Waals surface area contributed by atoms with Gasteiger partial charge in [-0.15, -0.1) is 0 Å². The van der Waals surface area contributed by atoms with Gasteiger partial charge in [0.25, 0.3) is 11.5 Å². The number of hydrogen-bond donors (Lipinski definition) is 4. The number of amides is 1. The lowest BCUT2D eigenvalue weighted by Crippen LogP contribution is -2.46. The van der Waals surface area contributed by atoms with Crippen LogP contribution >= 0.6 is 0 Å². The largest absolute Gasteiger partial charge is 0.388 e. The second kappa shape index (κ2) is 5.62. The third kappa shape index (κ3) is 3.57. The maximum absolute atomic E-state index is 11.9. The standard InChI is InChI=1S/C13H19N3O4/c1-8-3-2-4-13(20,6-8)7-14-11(18)9-5-10(17)16-12(19)15-9/h5,8,20H,2-4,6-7H2,1H3,(H,14,18)(H2,15,16,17,19). The van der Waals surface area contributed by atoms with Gasteiger partial charge in [0.15, 0.2) is 0 Å². The number of rotatable bonds is 3. The maximum Gasteiger partial charge on any atom is 0.326 e. The molecule has 2 atom stereocenters. The first-order chi connectivity index (χ1) is 9.38. The predicted molar refractivity (Wildman–Crippen MR) is 72.6 cm³/mol. The SMILES string of the molecule is CC1CCCC(O)(CNC(=O)c2cc(=O)[nH]c(=O)[nH]2)C1. The Morgan fingerprint density at radius 2 is 2.25 bits per heavy atom. The Morgan fingerprint density at radius 3 is 2.90 bits per heavy atom. The molecule has 0 saturated heterocycles. The van der Waals surface area contributed by atoms with E-state index in [0.717, 1.165) is 18.9 Å². The lowest BCUT2D eigenvalue weighted by Gasteiger charge is -2.35. The molecular formula is C13H19N3O4. The van der Waals surface area contributed by atoms with Gasteiger partial charge in [-0.05, 0) is 18.8 Å². The van der Waals surface area contributed by atoms with Gasteiger partial charge in [-0.25, -0.2) is 4.79 Å². The molecule has 0 aromatic carbocycles. The highest BCUT2D eigenvalue weighted by molar-refractivity contribution is 5.92. The van der Waals surface area contributed by atoms with Crippen molar-refractivity contribution in [2.75, 3.05) is 6.54 Å². The van der Waals surface area contributed by atoms with Crippen molar-refractivity contribution in [1.82, 2.24) is 15.3 Å². The van der Waals surface area contributed by atoms with Crippen LogP contribution in [0.1, 0.15) is 43.1 Å². The average molecular weight is 281 g/mol. The minimum absolute atomic E-state index is 0.105. The molecule has 2 rings (SSSR count). The summed E-state index contributed by atoms with van der Waals surface area (Å²) in [6, 6.07) is 1.02. The Balaban J connectivity index is 2.01. The van der Waals surface area contributed by atoms with Crippen molar-refractivity contribution in [2.45, 2.75) is 38.2 Å². The number of aliphatic hydroxyl groups is 1. The molecule has 0 aliphatic heterocycles. The number of aromatic nitrogens is 2. The van der Waals surface area contributed by atoms with Crippen LogP contribution < -0.4 is 16.6 Å². The van der Waals surface area contributed by atoms with E-state index in [9.17, 15) is 19.5 Å². The first-order valence-corrected chi connectivity index (χ1v) is 6.72. The molecule has 1 aliphatic carbocycles. The second-order valence-corrected chi connectivity index (χ2v) is 5.61. The number of carbonyl (C=O) groups excluding carboxylic acids is 1. The van der Waals surface area contributed by atoms with Gasteiger partial charge in [-0.2, -0.15) is 0 Å². The number of aromatic amines is 2. The Labute approximate surface area is 115 Å². The molecular weight excluding hydrogens is 262 g/mol. The highest BCUT2D eigenvalue weighted by Gasteiger charge is 2.32. The number of hydrogen-bond acceptors (Lipinski definition) is 4. The summed E-state index contributed by atoms with van der Waals surface area (Å²) < 4.78 is 0. The molecule has 7 nitrogen and oxygen atoms in total. The molecule has 1 aromatic rings. The van der Waals surface area contributed by atoms with E-state index >= 15 is 0 Å². The molecule has 1 amide bonds. The van der Waals surface area contributed by atoms with Crippen molar-refractivity contribution < 1.29 is 9.90 Å². The normalized spacial score (nSPS) is 26.2. The van der Waals surface area contributed by atoms with Gasteiger partial charge < -0.3 is 15.4 Å². The van der Waals surface area contributed by atoms with E-state index in [1.807, 2.05) is 4.98 Å². The smallest absolute Gasteiger partial charge is 0.326 e. The van der Waals surface area contributed by atoms with Crippen molar-refractivity contribution in [1.29, 1.82) is 0 Å². The van der Waals surface area contributed by atoms with E-state index in [0.29, 0.717) is 18.8 Å². The van der Waals surface area contributed by atoms with Crippen molar-refractivity contribution in [2.24, 2.45) is 5.92 Å². The molecule has 110 valence electrons. The van der Waals surface area contributed by atoms with E-state index in [2.05, 4.69) is 17.2 Å². The van der Waals surface area contributed by atoms with Crippen LogP contribution in [-0.2, 0) is 0 Å². The summed E-state index contributed by atoms with van der Waals surface area (Å²) >= 11 is 0. The molecule has 7 heteroatoms. The zero-order valence-corrected chi connectivity index (χ0v) is 11.4. The molecule has 1 aliphatic rings. The van der Waals surface area contributed by atoms with E-state index < -0.39 is 22.8 Å². The summed E-state index contributed by atoms with van der Waals surface area (Å²) in [6.45, 7) is 2.19. The van der Waals surface area contributed by atoms with Crippen LogP contribution in [0.2, 0.25) is 0 Å². The van der Waals surface area contributed by atoms with Gasteiger partial charge in [0.2, 0.25) is 0 Å². The van der Waals surface area contributed by atoms with Gasteiger partial charge in [-0.1, -0.05) is 19.8 Å². The summed E-state index contributed by atoms with van der Waals surface area (Å²) in [5, 5.41) is 13.0. The molecule has 0 bridgehead atoms. The Hall–Kier alpha value is -1.89. The molecule has 0 spiro atoms. The van der Waals surface area contributed by atoms with E-state index in [1.54, 1.807) is 0 Å². The highest BCUT2D eigenvalue weighted by Crippen LogP contribution is 2.31. The zero-order valence-electron chi connectivity index (χ0n) is 11.4. The van der Waals surface area contributed by atoms with E-state index in [4.69, 9.17) is 0 Å². The van der Waals surface area contributed by atoms with Crippen molar-refractivity contribution >= 4 is 5.91 Å². The highest BCUT2D eigenvalue weighted by atomic mass is 16.3. The van der Waals surface area contributed by atoms with Gasteiger partial charge in [-0.3, -0.25) is 14.6 Å². The van der Waals surface area contributed by atoms with E-state index in [-0.39, 0.29) is 12.2 Å². The molecule has 1 heterocycles. The van der Waals surface area contributed by atoms with Crippen LogP contribution in [-0.4, -0.2) is 33.1 Å². The van der Waals surface area contributed by atoms with E-state index in [1.165, 1.54) is 0 Å². The molecule has 1 fully saturated rings. The van der Waals surface area contributed by atoms with Crippen LogP contribution in [0.25, 0.3) is 0 Å². The Kier molecular flexibility index (Phi) is 4.08. The van der Waals surface area contributed by atoms with Gasteiger partial charge in [0, 0.05) is 12.6 Å². The van der Waals surface area contributed by atoms with Crippen molar-refractivity contribution in [3.63, 3.8) is 0 Å². The summed E-state index contributed by atoms with van der Waals surface area (Å²) in [4.78, 5) is 38.3. The van der Waals surface area contributed by atoms with Crippen LogP contribution in [0, 0.1) is 5.92 Å². The van der Waals surface area contributed by atoms with Crippen molar-refractivity contribution in [3.8, 4) is 0 Å². The second-order valence-electron chi connectivity index (χ2n) is 5.61. The summed E-state index contributed by atoms with van der Waals surface area (Å²) in [5.41, 5.74) is -2.38. The van der Waals surface area contributed by atoms with Gasteiger partial charge >= 0.3 is 5.69 Å². The monoisotopic (exact) mass is 281 g/mol. The number of H-pyrrole nitrogens is 2. The number of nitrogens with one attached hydrogen (secondary N) is 3. The lowest BCUT2D eigenvalue weighted by atomic mass is 9.79. The quantitative estimate of drug-likeness (QED) is 0.610. The minimum Gasteiger partial charge on any atom is -0.388 e. The number of carbonyl (C=O) groups is 1. The molecule has 1 saturated carbocycles. The minimum atomic E-state index is -0.908. The van der Waals surface area contributed by atoms with Crippen molar-refractivity contribution in [3.05, 3.63) is 32.6 Å². The topological polar surface area (TPSA) is 115 Å². The summed E-state index contributed by atoms with van der Waals surface area (Å²) in [5.74, 6) is -0.148. The van der Waals surface area contributed by atoms with Gasteiger partial charge in [0.1, 0.15) is 5.69 Å². The Bertz CT molecular complexity index is 578. The van der Waals surface area contributed by atoms with Crippen LogP contribution in [0.15, 0.2) is 15.7 Å². The third-order valence-electron chi connectivity index (χ3n) is 3.65. The predicted octanol–water partition coefficient (Wildman–Crippen LogP) is -0.266. The first kappa shape index (κ1) is 14.5. The maximum atomic E-state index is 11.9. The Morgan fingerprint density at radius 1 is 1.50 bits per heavy atom. The summed E-state index contributed by atoms with van der Waals surface area (Å²) in [6.07, 6.45) is 3.29. The fraction of sp³-hybridized carbons (Fsp3) is 0.615. The molecule has 1 aromatic heterocycles. The van der Waals surface area contributed by atoms with Gasteiger partial charge in [0.05, 0.1) is 5.60 Å². The third-order valence-corrected chi connectivity index (χ3v) is 3.65. The lowest BCUT2D eigenvalue weighted by molar-refractivity contribution is -0.0109. The fourth-order valence-corrected chi connectivity index (χ4v) is 2.72. The molecule has 20 heavy (non-hydrogen) atoms. The molecule has 4 N–H and O–H groups in total.